The number of benzene rings is 1. The minimum Gasteiger partial charge on any atom is -0.369 e. The Morgan fingerprint density at radius 1 is 1.25 bits per heavy atom. The predicted octanol–water partition coefficient (Wildman–Crippen LogP) is 1.68. The molecule has 0 unspecified atom stereocenters. The molecule has 0 fully saturated rings. The van der Waals surface area contributed by atoms with Crippen LogP contribution >= 0.6 is 0 Å². The Hall–Kier alpha value is -1.81. The number of H-pyrrole nitrogens is 1. The molecule has 0 saturated carbocycles. The molecule has 2 aromatic rings. The summed E-state index contributed by atoms with van der Waals surface area (Å²) in [4.78, 5) is 7.36. The number of nitrogens with zero attached hydrogens (tertiary/aromatic N) is 1. The molecule has 0 bridgehead atoms. The highest BCUT2D eigenvalue weighted by Gasteiger charge is 2.08. The van der Waals surface area contributed by atoms with Crippen molar-refractivity contribution in [2.45, 2.75) is 19.9 Å². The van der Waals surface area contributed by atoms with Crippen molar-refractivity contribution in [1.29, 1.82) is 0 Å². The summed E-state index contributed by atoms with van der Waals surface area (Å²) in [6.45, 7) is 2.63. The Balaban J connectivity index is 2.41. The minimum atomic E-state index is 0.467. The number of anilines is 1. The maximum absolute atomic E-state index is 5.66. The topological polar surface area (TPSA) is 80.7 Å². The summed E-state index contributed by atoms with van der Waals surface area (Å²) in [6.07, 6.45) is 0.887. The Bertz CT molecular complexity index is 470. The van der Waals surface area contributed by atoms with Crippen molar-refractivity contribution in [3.8, 4) is 11.3 Å². The van der Waals surface area contributed by atoms with Crippen molar-refractivity contribution in [1.82, 2.24) is 9.97 Å². The summed E-state index contributed by atoms with van der Waals surface area (Å²) in [5.74, 6) is 0.467. The number of aromatic nitrogens is 2. The van der Waals surface area contributed by atoms with Crippen molar-refractivity contribution in [2.75, 3.05) is 5.73 Å². The smallest absolute Gasteiger partial charge is 0.198 e. The summed E-state index contributed by atoms with van der Waals surface area (Å²) in [5.41, 5.74) is 15.4. The van der Waals surface area contributed by atoms with Crippen LogP contribution in [0.4, 0.5) is 5.95 Å². The van der Waals surface area contributed by atoms with Crippen molar-refractivity contribution in [2.24, 2.45) is 5.73 Å². The van der Waals surface area contributed by atoms with E-state index >= 15 is 0 Å². The molecule has 0 aliphatic heterocycles. The predicted molar refractivity (Wildman–Crippen MR) is 65.7 cm³/mol. The summed E-state index contributed by atoms with van der Waals surface area (Å²) in [5, 5.41) is 0. The van der Waals surface area contributed by atoms with Crippen molar-refractivity contribution < 1.29 is 0 Å². The second-order valence-electron chi connectivity index (χ2n) is 3.70. The second kappa shape index (κ2) is 4.37. The van der Waals surface area contributed by atoms with E-state index in [-0.39, 0.29) is 0 Å². The maximum Gasteiger partial charge on any atom is 0.198 e. The summed E-state index contributed by atoms with van der Waals surface area (Å²) in [7, 11) is 0. The van der Waals surface area contributed by atoms with Gasteiger partial charge in [-0.15, -0.1) is 0 Å². The second-order valence-corrected chi connectivity index (χ2v) is 3.70. The van der Waals surface area contributed by atoms with Gasteiger partial charge < -0.3 is 16.5 Å². The number of nitrogens with two attached hydrogens (primary N) is 2. The van der Waals surface area contributed by atoms with E-state index in [1.165, 1.54) is 0 Å². The van der Waals surface area contributed by atoms with E-state index in [9.17, 15) is 0 Å². The third-order valence-corrected chi connectivity index (χ3v) is 2.61. The zero-order chi connectivity index (χ0) is 11.5. The zero-order valence-electron chi connectivity index (χ0n) is 9.33. The first kappa shape index (κ1) is 10.7. The maximum atomic E-state index is 5.66. The fourth-order valence-electron chi connectivity index (χ4n) is 1.72. The summed E-state index contributed by atoms with van der Waals surface area (Å²) >= 11 is 0. The van der Waals surface area contributed by atoms with Gasteiger partial charge in [0.25, 0.3) is 0 Å². The number of rotatable bonds is 3. The SMILES string of the molecule is CCc1[nH]c(N)nc1-c1ccc(CN)cc1. The van der Waals surface area contributed by atoms with E-state index in [0.717, 1.165) is 28.9 Å². The molecule has 1 aromatic carbocycles. The lowest BCUT2D eigenvalue weighted by Crippen LogP contribution is -1.95. The lowest BCUT2D eigenvalue weighted by atomic mass is 10.1. The molecule has 0 radical (unpaired) electrons. The highest BCUT2D eigenvalue weighted by Crippen LogP contribution is 2.23. The van der Waals surface area contributed by atoms with E-state index in [1.807, 2.05) is 24.3 Å². The van der Waals surface area contributed by atoms with Gasteiger partial charge in [0.1, 0.15) is 0 Å². The van der Waals surface area contributed by atoms with E-state index < -0.39 is 0 Å². The van der Waals surface area contributed by atoms with Crippen LogP contribution in [0.5, 0.6) is 0 Å². The van der Waals surface area contributed by atoms with Crippen LogP contribution in [0, 0.1) is 0 Å². The van der Waals surface area contributed by atoms with Gasteiger partial charge in [0.15, 0.2) is 5.95 Å². The molecule has 0 aliphatic carbocycles. The van der Waals surface area contributed by atoms with E-state index in [4.69, 9.17) is 11.5 Å². The molecular formula is C12H16N4. The normalized spacial score (nSPS) is 10.6. The quantitative estimate of drug-likeness (QED) is 0.730. The third kappa shape index (κ3) is 1.92. The molecule has 4 nitrogen and oxygen atoms in total. The number of aryl methyl sites for hydroxylation is 1. The first-order valence-electron chi connectivity index (χ1n) is 5.38. The molecule has 2 rings (SSSR count). The standard InChI is InChI=1S/C12H16N4/c1-2-10-11(16-12(14)15-10)9-5-3-8(7-13)4-6-9/h3-6H,2,7,13H2,1H3,(H3,14,15,16). The van der Waals surface area contributed by atoms with E-state index in [0.29, 0.717) is 12.5 Å². The first-order chi connectivity index (χ1) is 7.74. The van der Waals surface area contributed by atoms with E-state index in [2.05, 4.69) is 16.9 Å². The first-order valence-corrected chi connectivity index (χ1v) is 5.38. The van der Waals surface area contributed by atoms with Gasteiger partial charge in [0, 0.05) is 17.8 Å². The molecule has 1 heterocycles. The number of hydrogen-bond acceptors (Lipinski definition) is 3. The number of imidazole rings is 1. The zero-order valence-corrected chi connectivity index (χ0v) is 9.33. The van der Waals surface area contributed by atoms with Crippen LogP contribution in [0.15, 0.2) is 24.3 Å². The van der Waals surface area contributed by atoms with Crippen LogP contribution in [-0.4, -0.2) is 9.97 Å². The molecule has 16 heavy (non-hydrogen) atoms. The highest BCUT2D eigenvalue weighted by molar-refractivity contribution is 5.64. The summed E-state index contributed by atoms with van der Waals surface area (Å²) in [6, 6.07) is 8.08. The van der Waals surface area contributed by atoms with Crippen molar-refractivity contribution in [3.05, 3.63) is 35.5 Å². The molecule has 0 atom stereocenters. The van der Waals surface area contributed by atoms with Gasteiger partial charge in [0.2, 0.25) is 0 Å². The fourth-order valence-corrected chi connectivity index (χ4v) is 1.72. The monoisotopic (exact) mass is 216 g/mol. The van der Waals surface area contributed by atoms with Crippen LogP contribution < -0.4 is 11.5 Å². The number of nitrogens with one attached hydrogen (secondary N) is 1. The van der Waals surface area contributed by atoms with Crippen LogP contribution in [0.3, 0.4) is 0 Å². The molecule has 4 heteroatoms. The Kier molecular flexibility index (Phi) is 2.92. The number of nitrogen functional groups attached to an aromatic ring is 1. The van der Waals surface area contributed by atoms with Crippen LogP contribution in [0.1, 0.15) is 18.2 Å². The molecule has 5 N–H and O–H groups in total. The Labute approximate surface area is 94.7 Å². The van der Waals surface area contributed by atoms with Gasteiger partial charge in [-0.2, -0.15) is 0 Å². The van der Waals surface area contributed by atoms with Gasteiger partial charge in [-0.3, -0.25) is 0 Å². The van der Waals surface area contributed by atoms with Crippen LogP contribution in [0.25, 0.3) is 11.3 Å². The van der Waals surface area contributed by atoms with Crippen LogP contribution in [-0.2, 0) is 13.0 Å². The van der Waals surface area contributed by atoms with Crippen LogP contribution in [0.2, 0.25) is 0 Å². The summed E-state index contributed by atoms with van der Waals surface area (Å²) < 4.78 is 0. The highest BCUT2D eigenvalue weighted by atomic mass is 15.0. The van der Waals surface area contributed by atoms with Gasteiger partial charge in [0.05, 0.1) is 5.69 Å². The molecule has 0 aliphatic rings. The van der Waals surface area contributed by atoms with Crippen molar-refractivity contribution >= 4 is 5.95 Å². The lowest BCUT2D eigenvalue weighted by molar-refractivity contribution is 1.06. The molecule has 0 saturated heterocycles. The molecular weight excluding hydrogens is 200 g/mol. The van der Waals surface area contributed by atoms with Gasteiger partial charge in [-0.05, 0) is 12.0 Å². The Morgan fingerprint density at radius 3 is 2.50 bits per heavy atom. The lowest BCUT2D eigenvalue weighted by Gasteiger charge is -2.01. The molecule has 84 valence electrons. The van der Waals surface area contributed by atoms with Gasteiger partial charge >= 0.3 is 0 Å². The average molecular weight is 216 g/mol. The molecule has 0 amide bonds. The third-order valence-electron chi connectivity index (χ3n) is 2.61. The number of aromatic amines is 1. The largest absolute Gasteiger partial charge is 0.369 e. The van der Waals surface area contributed by atoms with Gasteiger partial charge in [-0.25, -0.2) is 4.98 Å². The molecule has 0 spiro atoms. The average Bonchev–Trinajstić information content (AvgIpc) is 2.70. The van der Waals surface area contributed by atoms with Crippen molar-refractivity contribution in [3.63, 3.8) is 0 Å². The molecule has 1 aromatic heterocycles. The fraction of sp³-hybridized carbons (Fsp3) is 0.250. The Morgan fingerprint density at radius 2 is 1.94 bits per heavy atom. The van der Waals surface area contributed by atoms with E-state index in [1.54, 1.807) is 0 Å². The van der Waals surface area contributed by atoms with Gasteiger partial charge in [-0.1, -0.05) is 31.2 Å². The minimum absolute atomic E-state index is 0.467. The number of hydrogen-bond donors (Lipinski definition) is 3.